The molecule has 2 fully saturated rings. The number of carbonyl (C=O) groups excluding carboxylic acids is 1. The van der Waals surface area contributed by atoms with E-state index in [-0.39, 0.29) is 11.9 Å². The number of fused-ring (bicyclic) bond motifs is 1. The third kappa shape index (κ3) is 3.14. The van der Waals surface area contributed by atoms with E-state index in [1.165, 1.54) is 11.3 Å². The van der Waals surface area contributed by atoms with E-state index in [9.17, 15) is 9.90 Å². The SMILES string of the molecule is O=C(c1csc(-c2ccccc2)n1)N1C[C@H]2C[C@@H](n3cccn3)[C@H](O)C[C@H]2C1. The van der Waals surface area contributed by atoms with Crippen LogP contribution in [0.4, 0.5) is 0 Å². The number of hydrogen-bond donors (Lipinski definition) is 1. The van der Waals surface area contributed by atoms with Crippen molar-refractivity contribution in [3.8, 4) is 10.6 Å². The van der Waals surface area contributed by atoms with Crippen LogP contribution < -0.4 is 0 Å². The first kappa shape index (κ1) is 17.6. The number of benzene rings is 1. The van der Waals surface area contributed by atoms with E-state index in [2.05, 4.69) is 10.1 Å². The second kappa shape index (κ2) is 7.14. The third-order valence-electron chi connectivity index (χ3n) is 6.01. The molecule has 1 saturated carbocycles. The lowest BCUT2D eigenvalue weighted by Gasteiger charge is -2.35. The summed E-state index contributed by atoms with van der Waals surface area (Å²) < 4.78 is 1.86. The Morgan fingerprint density at radius 2 is 1.89 bits per heavy atom. The molecule has 5 rings (SSSR count). The maximum absolute atomic E-state index is 13.0. The van der Waals surface area contributed by atoms with Crippen molar-refractivity contribution in [3.05, 3.63) is 59.9 Å². The summed E-state index contributed by atoms with van der Waals surface area (Å²) in [6.45, 7) is 1.43. The monoisotopic (exact) mass is 394 g/mol. The van der Waals surface area contributed by atoms with Gasteiger partial charge in [0.2, 0.25) is 0 Å². The summed E-state index contributed by atoms with van der Waals surface area (Å²) in [6.07, 6.45) is 4.80. The molecule has 6 nitrogen and oxygen atoms in total. The molecule has 3 aromatic rings. The summed E-state index contributed by atoms with van der Waals surface area (Å²) in [5, 5.41) is 17.6. The van der Waals surface area contributed by atoms with Gasteiger partial charge in [-0.3, -0.25) is 9.48 Å². The molecule has 1 aromatic carbocycles. The Kier molecular flexibility index (Phi) is 4.49. The van der Waals surface area contributed by atoms with Crippen molar-refractivity contribution in [2.45, 2.75) is 25.0 Å². The van der Waals surface area contributed by atoms with Gasteiger partial charge >= 0.3 is 0 Å². The molecule has 1 aliphatic heterocycles. The first-order chi connectivity index (χ1) is 13.7. The molecular weight excluding hydrogens is 372 g/mol. The van der Waals surface area contributed by atoms with E-state index < -0.39 is 6.10 Å². The lowest BCUT2D eigenvalue weighted by molar-refractivity contribution is 0.0306. The number of nitrogens with zero attached hydrogens (tertiary/aromatic N) is 4. The van der Waals surface area contributed by atoms with Crippen molar-refractivity contribution in [3.63, 3.8) is 0 Å². The van der Waals surface area contributed by atoms with Gasteiger partial charge in [0.25, 0.3) is 5.91 Å². The van der Waals surface area contributed by atoms with Gasteiger partial charge in [-0.15, -0.1) is 11.3 Å². The number of aromatic nitrogens is 3. The maximum Gasteiger partial charge on any atom is 0.273 e. The summed E-state index contributed by atoms with van der Waals surface area (Å²) in [5.41, 5.74) is 1.55. The molecule has 144 valence electrons. The van der Waals surface area contributed by atoms with Crippen LogP contribution in [0.15, 0.2) is 54.2 Å². The third-order valence-corrected chi connectivity index (χ3v) is 6.90. The van der Waals surface area contributed by atoms with Gasteiger partial charge in [-0.2, -0.15) is 5.10 Å². The fourth-order valence-electron chi connectivity index (χ4n) is 4.58. The van der Waals surface area contributed by atoms with E-state index in [1.54, 1.807) is 6.20 Å². The van der Waals surface area contributed by atoms with E-state index in [1.807, 2.05) is 57.6 Å². The predicted octanol–water partition coefficient (Wildman–Crippen LogP) is 3.09. The van der Waals surface area contributed by atoms with Crippen LogP contribution in [0.1, 0.15) is 29.4 Å². The highest BCUT2D eigenvalue weighted by Gasteiger charge is 2.44. The van der Waals surface area contributed by atoms with Crippen molar-refractivity contribution in [1.29, 1.82) is 0 Å². The number of likely N-dealkylation sites (tertiary alicyclic amines) is 1. The number of thiazole rings is 1. The van der Waals surface area contributed by atoms with Gasteiger partial charge in [-0.05, 0) is 30.7 Å². The van der Waals surface area contributed by atoms with Crippen molar-refractivity contribution < 1.29 is 9.90 Å². The minimum atomic E-state index is -0.417. The first-order valence-corrected chi connectivity index (χ1v) is 10.5. The topological polar surface area (TPSA) is 71.2 Å². The second-order valence-electron chi connectivity index (χ2n) is 7.73. The lowest BCUT2D eigenvalue weighted by atomic mass is 9.77. The summed E-state index contributed by atoms with van der Waals surface area (Å²) in [5.74, 6) is 0.740. The maximum atomic E-state index is 13.0. The summed E-state index contributed by atoms with van der Waals surface area (Å²) in [7, 11) is 0. The number of aliphatic hydroxyl groups excluding tert-OH is 1. The fraction of sp³-hybridized carbons (Fsp3) is 0.381. The van der Waals surface area contributed by atoms with E-state index in [0.29, 0.717) is 30.5 Å². The van der Waals surface area contributed by atoms with Crippen molar-refractivity contribution >= 4 is 17.2 Å². The molecule has 0 spiro atoms. The minimum absolute atomic E-state index is 0.00189. The van der Waals surface area contributed by atoms with E-state index >= 15 is 0 Å². The zero-order valence-corrected chi connectivity index (χ0v) is 16.2. The zero-order valence-electron chi connectivity index (χ0n) is 15.4. The van der Waals surface area contributed by atoms with Gasteiger partial charge in [-0.25, -0.2) is 4.98 Å². The average molecular weight is 395 g/mol. The molecule has 1 amide bonds. The Morgan fingerprint density at radius 3 is 2.64 bits per heavy atom. The molecule has 0 unspecified atom stereocenters. The van der Waals surface area contributed by atoms with Crippen LogP contribution in [-0.2, 0) is 0 Å². The Labute approximate surface area is 167 Å². The molecular formula is C21H22N4O2S. The van der Waals surface area contributed by atoms with Crippen LogP contribution in [0.5, 0.6) is 0 Å². The Bertz CT molecular complexity index is 956. The molecule has 1 saturated heterocycles. The van der Waals surface area contributed by atoms with Crippen LogP contribution in [0.3, 0.4) is 0 Å². The standard InChI is InChI=1S/C21H22N4O2S/c26-19-10-16-12-24(11-15(16)9-18(19)25-8-4-7-22-25)21(27)17-13-28-20(23-17)14-5-2-1-3-6-14/h1-8,13,15-16,18-19,26H,9-12H2/t15-,16+,18-,19-/m1/s1. The van der Waals surface area contributed by atoms with Crippen molar-refractivity contribution in [2.75, 3.05) is 13.1 Å². The summed E-state index contributed by atoms with van der Waals surface area (Å²) in [6, 6.07) is 11.8. The molecule has 1 aliphatic carbocycles. The first-order valence-electron chi connectivity index (χ1n) is 9.66. The van der Waals surface area contributed by atoms with Gasteiger partial charge in [0.1, 0.15) is 10.7 Å². The van der Waals surface area contributed by atoms with Crippen LogP contribution >= 0.6 is 11.3 Å². The number of rotatable bonds is 3. The number of aliphatic hydroxyl groups is 1. The second-order valence-corrected chi connectivity index (χ2v) is 8.58. The van der Waals surface area contributed by atoms with Crippen LogP contribution in [0.2, 0.25) is 0 Å². The highest BCUT2D eigenvalue weighted by atomic mass is 32.1. The Morgan fingerprint density at radius 1 is 1.11 bits per heavy atom. The smallest absolute Gasteiger partial charge is 0.273 e. The summed E-state index contributed by atoms with van der Waals surface area (Å²) >= 11 is 1.50. The molecule has 1 N–H and O–H groups in total. The summed E-state index contributed by atoms with van der Waals surface area (Å²) in [4.78, 5) is 19.5. The number of carbonyl (C=O) groups is 1. The largest absolute Gasteiger partial charge is 0.391 e. The zero-order chi connectivity index (χ0) is 19.1. The normalized spacial score (nSPS) is 27.0. The predicted molar refractivity (Wildman–Crippen MR) is 107 cm³/mol. The highest BCUT2D eigenvalue weighted by Crippen LogP contribution is 2.41. The van der Waals surface area contributed by atoms with E-state index in [0.717, 1.165) is 23.5 Å². The molecule has 3 heterocycles. The highest BCUT2D eigenvalue weighted by molar-refractivity contribution is 7.13. The van der Waals surface area contributed by atoms with Gasteiger partial charge in [-0.1, -0.05) is 30.3 Å². The van der Waals surface area contributed by atoms with Gasteiger partial charge in [0.15, 0.2) is 0 Å². The molecule has 2 aliphatic rings. The van der Waals surface area contributed by atoms with Gasteiger partial charge in [0, 0.05) is 36.4 Å². The van der Waals surface area contributed by atoms with Crippen LogP contribution in [0, 0.1) is 11.8 Å². The lowest BCUT2D eigenvalue weighted by Crippen LogP contribution is -2.36. The fourth-order valence-corrected chi connectivity index (χ4v) is 5.38. The van der Waals surface area contributed by atoms with E-state index in [4.69, 9.17) is 0 Å². The number of amides is 1. The molecule has 7 heteroatoms. The van der Waals surface area contributed by atoms with Crippen molar-refractivity contribution in [2.24, 2.45) is 11.8 Å². The van der Waals surface area contributed by atoms with Gasteiger partial charge in [0.05, 0.1) is 12.1 Å². The Hall–Kier alpha value is -2.51. The van der Waals surface area contributed by atoms with Gasteiger partial charge < -0.3 is 10.0 Å². The Balaban J connectivity index is 1.30. The van der Waals surface area contributed by atoms with Crippen LogP contribution in [-0.4, -0.2) is 49.9 Å². The van der Waals surface area contributed by atoms with Crippen LogP contribution in [0.25, 0.3) is 10.6 Å². The molecule has 2 aromatic heterocycles. The molecule has 28 heavy (non-hydrogen) atoms. The number of hydrogen-bond acceptors (Lipinski definition) is 5. The molecule has 0 radical (unpaired) electrons. The quantitative estimate of drug-likeness (QED) is 0.741. The molecule has 0 bridgehead atoms. The minimum Gasteiger partial charge on any atom is -0.391 e. The average Bonchev–Trinajstić information content (AvgIpc) is 3.47. The molecule has 4 atom stereocenters. The van der Waals surface area contributed by atoms with Crippen molar-refractivity contribution in [1.82, 2.24) is 19.7 Å².